The first-order chi connectivity index (χ1) is 15.4. The number of amides is 3. The topological polar surface area (TPSA) is 234 Å². The van der Waals surface area contributed by atoms with Crippen molar-refractivity contribution in [2.45, 2.75) is 76.5 Å². The van der Waals surface area contributed by atoms with Crippen LogP contribution in [0.25, 0.3) is 0 Å². The molecule has 0 rings (SSSR count). The van der Waals surface area contributed by atoms with Crippen LogP contribution in [0, 0.1) is 5.92 Å². The lowest BCUT2D eigenvalue weighted by Crippen LogP contribution is -2.58. The number of rotatable bonds is 17. The van der Waals surface area contributed by atoms with Gasteiger partial charge in [0.05, 0.1) is 12.6 Å². The fourth-order valence-electron chi connectivity index (χ4n) is 2.89. The van der Waals surface area contributed by atoms with Gasteiger partial charge in [-0.15, -0.1) is 0 Å². The van der Waals surface area contributed by atoms with E-state index in [1.807, 2.05) is 0 Å². The van der Waals surface area contributed by atoms with Crippen molar-refractivity contribution in [3.05, 3.63) is 0 Å². The summed E-state index contributed by atoms with van der Waals surface area (Å²) < 4.78 is 0. The average molecular weight is 476 g/mol. The fourth-order valence-corrected chi connectivity index (χ4v) is 2.89. The van der Waals surface area contributed by atoms with Crippen molar-refractivity contribution >= 4 is 29.7 Å². The number of carboxylic acids is 2. The molecule has 4 atom stereocenters. The standard InChI is InChI=1S/C20H37N5O8/c1-11(2)9-14(20(32)33)24-19(31)15(10-26)25-18(30)13(6-7-16(27)28)23-17(29)12(22)5-3-4-8-21/h11-15,26H,3-10,21-22H2,1-2H3,(H,23,29)(H,24,31)(H,25,30)(H,27,28)(H,32,33). The molecule has 0 aromatic rings. The first-order valence-corrected chi connectivity index (χ1v) is 10.8. The SMILES string of the molecule is CC(C)CC(NC(=O)C(CO)NC(=O)C(CCC(=O)O)NC(=O)C(N)CCCCN)C(=O)O. The van der Waals surface area contributed by atoms with Crippen molar-refractivity contribution in [1.29, 1.82) is 0 Å². The van der Waals surface area contributed by atoms with Gasteiger partial charge in [0.1, 0.15) is 18.1 Å². The highest BCUT2D eigenvalue weighted by Crippen LogP contribution is 2.06. The Balaban J connectivity index is 5.24. The van der Waals surface area contributed by atoms with Gasteiger partial charge < -0.3 is 42.7 Å². The van der Waals surface area contributed by atoms with Crippen molar-refractivity contribution in [3.63, 3.8) is 0 Å². The number of aliphatic carboxylic acids is 2. The van der Waals surface area contributed by atoms with Crippen molar-refractivity contribution in [3.8, 4) is 0 Å². The monoisotopic (exact) mass is 475 g/mol. The number of aliphatic hydroxyl groups is 1. The molecule has 13 heteroatoms. The summed E-state index contributed by atoms with van der Waals surface area (Å²) in [5.74, 6) is -5.04. The highest BCUT2D eigenvalue weighted by molar-refractivity contribution is 5.94. The second-order valence-electron chi connectivity index (χ2n) is 8.16. The van der Waals surface area contributed by atoms with Crippen molar-refractivity contribution in [1.82, 2.24) is 16.0 Å². The van der Waals surface area contributed by atoms with Crippen molar-refractivity contribution < 1.29 is 39.3 Å². The lowest BCUT2D eigenvalue weighted by molar-refractivity contribution is -0.143. The first kappa shape index (κ1) is 30.2. The van der Waals surface area contributed by atoms with Gasteiger partial charge in [-0.3, -0.25) is 19.2 Å². The second kappa shape index (κ2) is 15.9. The van der Waals surface area contributed by atoms with Crippen LogP contribution >= 0.6 is 0 Å². The highest BCUT2D eigenvalue weighted by atomic mass is 16.4. The van der Waals surface area contributed by atoms with Crippen LogP contribution in [0.4, 0.5) is 0 Å². The number of hydrogen-bond acceptors (Lipinski definition) is 8. The van der Waals surface area contributed by atoms with E-state index >= 15 is 0 Å². The lowest BCUT2D eigenvalue weighted by Gasteiger charge is -2.24. The molecular weight excluding hydrogens is 438 g/mol. The Morgan fingerprint density at radius 3 is 1.85 bits per heavy atom. The molecule has 3 amide bonds. The van der Waals surface area contributed by atoms with Gasteiger partial charge in [-0.05, 0) is 38.1 Å². The Bertz CT molecular complexity index is 673. The third-order valence-corrected chi connectivity index (χ3v) is 4.72. The molecule has 0 saturated heterocycles. The summed E-state index contributed by atoms with van der Waals surface area (Å²) in [7, 11) is 0. The maximum absolute atomic E-state index is 12.7. The Morgan fingerprint density at radius 2 is 1.36 bits per heavy atom. The smallest absolute Gasteiger partial charge is 0.326 e. The Hall–Kier alpha value is -2.77. The number of carbonyl (C=O) groups is 5. The van der Waals surface area contributed by atoms with Crippen LogP contribution in [-0.2, 0) is 24.0 Å². The highest BCUT2D eigenvalue weighted by Gasteiger charge is 2.30. The number of aliphatic hydroxyl groups excluding tert-OH is 1. The molecular formula is C20H37N5O8. The molecule has 0 aliphatic rings. The van der Waals surface area contributed by atoms with Crippen LogP contribution in [0.3, 0.4) is 0 Å². The van der Waals surface area contributed by atoms with Gasteiger partial charge in [0.15, 0.2) is 0 Å². The predicted molar refractivity (Wildman–Crippen MR) is 118 cm³/mol. The van der Waals surface area contributed by atoms with E-state index in [-0.39, 0.29) is 18.8 Å². The molecule has 0 aromatic carbocycles. The minimum Gasteiger partial charge on any atom is -0.481 e. The summed E-state index contributed by atoms with van der Waals surface area (Å²) >= 11 is 0. The summed E-state index contributed by atoms with van der Waals surface area (Å²) in [4.78, 5) is 59.7. The van der Waals surface area contributed by atoms with Gasteiger partial charge in [-0.1, -0.05) is 20.3 Å². The van der Waals surface area contributed by atoms with Crippen molar-refractivity contribution in [2.24, 2.45) is 17.4 Å². The van der Waals surface area contributed by atoms with Gasteiger partial charge in [0, 0.05) is 6.42 Å². The molecule has 0 heterocycles. The van der Waals surface area contributed by atoms with Crippen LogP contribution in [0.1, 0.15) is 52.4 Å². The largest absolute Gasteiger partial charge is 0.481 e. The zero-order valence-electron chi connectivity index (χ0n) is 19.1. The molecule has 0 aromatic heterocycles. The number of hydrogen-bond donors (Lipinski definition) is 8. The van der Waals surface area contributed by atoms with Crippen LogP contribution in [0.5, 0.6) is 0 Å². The molecule has 13 nitrogen and oxygen atoms in total. The number of carboxylic acid groups (broad SMARTS) is 2. The fraction of sp³-hybridized carbons (Fsp3) is 0.750. The number of carbonyl (C=O) groups excluding carboxylic acids is 3. The number of nitrogens with two attached hydrogens (primary N) is 2. The normalized spacial score (nSPS) is 14.6. The molecule has 0 aliphatic heterocycles. The van der Waals surface area contributed by atoms with Crippen LogP contribution in [0.15, 0.2) is 0 Å². The van der Waals surface area contributed by atoms with E-state index in [1.54, 1.807) is 13.8 Å². The molecule has 0 saturated carbocycles. The van der Waals surface area contributed by atoms with Crippen LogP contribution in [0.2, 0.25) is 0 Å². The van der Waals surface area contributed by atoms with E-state index < -0.39 is 66.9 Å². The number of unbranched alkanes of at least 4 members (excludes halogenated alkanes) is 1. The molecule has 0 radical (unpaired) electrons. The van der Waals surface area contributed by atoms with E-state index in [0.29, 0.717) is 25.8 Å². The molecule has 0 fully saturated rings. The maximum atomic E-state index is 12.7. The Kier molecular flexibility index (Phi) is 14.6. The van der Waals surface area contributed by atoms with E-state index in [9.17, 15) is 34.2 Å². The van der Waals surface area contributed by atoms with Gasteiger partial charge in [0.2, 0.25) is 17.7 Å². The molecule has 10 N–H and O–H groups in total. The van der Waals surface area contributed by atoms with Gasteiger partial charge in [-0.2, -0.15) is 0 Å². The summed E-state index contributed by atoms with van der Waals surface area (Å²) in [6.45, 7) is 3.13. The Morgan fingerprint density at radius 1 is 0.818 bits per heavy atom. The molecule has 0 aliphatic carbocycles. The van der Waals surface area contributed by atoms with Gasteiger partial charge >= 0.3 is 11.9 Å². The zero-order chi connectivity index (χ0) is 25.6. The molecule has 190 valence electrons. The summed E-state index contributed by atoms with van der Waals surface area (Å²) in [6.07, 6.45) is 0.951. The first-order valence-electron chi connectivity index (χ1n) is 10.8. The molecule has 33 heavy (non-hydrogen) atoms. The lowest BCUT2D eigenvalue weighted by atomic mass is 10.0. The summed E-state index contributed by atoms with van der Waals surface area (Å²) in [5, 5.41) is 34.6. The van der Waals surface area contributed by atoms with E-state index in [4.69, 9.17) is 16.6 Å². The predicted octanol–water partition coefficient (Wildman–Crippen LogP) is -2.12. The maximum Gasteiger partial charge on any atom is 0.326 e. The quantitative estimate of drug-likeness (QED) is 0.106. The Labute approximate surface area is 192 Å². The van der Waals surface area contributed by atoms with Gasteiger partial charge in [0.25, 0.3) is 0 Å². The molecule has 0 bridgehead atoms. The van der Waals surface area contributed by atoms with Crippen LogP contribution in [-0.4, -0.2) is 82.3 Å². The summed E-state index contributed by atoms with van der Waals surface area (Å²) in [6, 6.07) is -5.01. The summed E-state index contributed by atoms with van der Waals surface area (Å²) in [5.41, 5.74) is 11.2. The minimum atomic E-state index is -1.51. The van der Waals surface area contributed by atoms with E-state index in [1.165, 1.54) is 0 Å². The van der Waals surface area contributed by atoms with Crippen molar-refractivity contribution in [2.75, 3.05) is 13.2 Å². The van der Waals surface area contributed by atoms with E-state index in [0.717, 1.165) is 0 Å². The van der Waals surface area contributed by atoms with Gasteiger partial charge in [-0.25, -0.2) is 4.79 Å². The third kappa shape index (κ3) is 12.7. The zero-order valence-corrected chi connectivity index (χ0v) is 19.1. The number of nitrogens with one attached hydrogen (secondary N) is 3. The van der Waals surface area contributed by atoms with Crippen LogP contribution < -0.4 is 27.4 Å². The average Bonchev–Trinajstić information content (AvgIpc) is 2.73. The molecule has 0 spiro atoms. The molecule has 4 unspecified atom stereocenters. The van der Waals surface area contributed by atoms with E-state index in [2.05, 4.69) is 16.0 Å². The second-order valence-corrected chi connectivity index (χ2v) is 8.16. The third-order valence-electron chi connectivity index (χ3n) is 4.72. The minimum absolute atomic E-state index is 0.0433.